The minimum atomic E-state index is -1.52. The lowest BCUT2D eigenvalue weighted by atomic mass is 9.93. The number of piperazine rings is 1. The summed E-state index contributed by atoms with van der Waals surface area (Å²) in [4.78, 5) is 42.0. The number of carbonyl (C=O) groups excluding carboxylic acids is 3. The van der Waals surface area contributed by atoms with Crippen LogP contribution < -0.4 is 10.1 Å². The van der Waals surface area contributed by atoms with Crippen molar-refractivity contribution in [3.05, 3.63) is 65.5 Å². The molecule has 0 bridgehead atoms. The first kappa shape index (κ1) is 30.9. The Morgan fingerprint density at radius 1 is 1.12 bits per heavy atom. The fourth-order valence-corrected chi connectivity index (χ4v) is 4.65. The molecule has 0 aromatic heterocycles. The van der Waals surface area contributed by atoms with E-state index in [4.69, 9.17) is 9.47 Å². The number of aliphatic hydroxyl groups is 1. The Kier molecular flexibility index (Phi) is 10.5. The summed E-state index contributed by atoms with van der Waals surface area (Å²) >= 11 is 0. The molecule has 218 valence electrons. The zero-order chi connectivity index (χ0) is 29.4. The van der Waals surface area contributed by atoms with Gasteiger partial charge in [-0.15, -0.1) is 0 Å². The van der Waals surface area contributed by atoms with Gasteiger partial charge in [0.1, 0.15) is 29.3 Å². The van der Waals surface area contributed by atoms with E-state index < -0.39 is 47.5 Å². The van der Waals surface area contributed by atoms with Crippen LogP contribution in [0.3, 0.4) is 0 Å². The van der Waals surface area contributed by atoms with Crippen LogP contribution in [0.4, 0.5) is 9.18 Å². The molecule has 2 aromatic carbocycles. The van der Waals surface area contributed by atoms with Gasteiger partial charge >= 0.3 is 6.09 Å². The lowest BCUT2D eigenvalue weighted by molar-refractivity contribution is -0.149. The van der Waals surface area contributed by atoms with Crippen molar-refractivity contribution in [2.24, 2.45) is 0 Å². The van der Waals surface area contributed by atoms with E-state index in [1.807, 2.05) is 37.3 Å². The molecule has 1 fully saturated rings. The van der Waals surface area contributed by atoms with E-state index in [-0.39, 0.29) is 26.1 Å². The fourth-order valence-electron chi connectivity index (χ4n) is 4.65. The van der Waals surface area contributed by atoms with Gasteiger partial charge in [-0.05, 0) is 56.9 Å². The zero-order valence-electron chi connectivity index (χ0n) is 23.9. The molecule has 1 aliphatic heterocycles. The Morgan fingerprint density at radius 3 is 2.45 bits per heavy atom. The Bertz CT molecular complexity index is 1170. The van der Waals surface area contributed by atoms with E-state index in [0.29, 0.717) is 17.9 Å². The highest BCUT2D eigenvalue weighted by Gasteiger charge is 2.46. The van der Waals surface area contributed by atoms with Crippen molar-refractivity contribution in [3.63, 3.8) is 0 Å². The summed E-state index contributed by atoms with van der Waals surface area (Å²) in [5, 5.41) is 14.4. The Balaban J connectivity index is 1.94. The van der Waals surface area contributed by atoms with Crippen molar-refractivity contribution >= 4 is 17.9 Å². The molecule has 1 heterocycles. The van der Waals surface area contributed by atoms with Crippen LogP contribution >= 0.6 is 0 Å². The Hall–Kier alpha value is -3.66. The third kappa shape index (κ3) is 8.67. The Labute approximate surface area is 235 Å². The molecule has 3 atom stereocenters. The van der Waals surface area contributed by atoms with Crippen LogP contribution in [-0.4, -0.2) is 76.3 Å². The number of halogens is 1. The molecule has 1 saturated heterocycles. The molecule has 1 aliphatic rings. The number of nitrogens with zero attached hydrogens (tertiary/aromatic N) is 2. The molecule has 9 nitrogen and oxygen atoms in total. The molecule has 0 radical (unpaired) electrons. The zero-order valence-corrected chi connectivity index (χ0v) is 23.9. The summed E-state index contributed by atoms with van der Waals surface area (Å²) in [6, 6.07) is 11.2. The van der Waals surface area contributed by atoms with Crippen molar-refractivity contribution in [1.29, 1.82) is 0 Å². The van der Waals surface area contributed by atoms with Crippen LogP contribution in [-0.2, 0) is 27.3 Å². The van der Waals surface area contributed by atoms with Gasteiger partial charge in [0.25, 0.3) is 0 Å². The van der Waals surface area contributed by atoms with Crippen molar-refractivity contribution < 1.29 is 33.4 Å². The molecule has 0 unspecified atom stereocenters. The predicted octanol–water partition coefficient (Wildman–Crippen LogP) is 3.67. The molecule has 10 heteroatoms. The highest BCUT2D eigenvalue weighted by molar-refractivity contribution is 5.88. The Morgan fingerprint density at radius 2 is 1.82 bits per heavy atom. The molecule has 2 aromatic rings. The third-order valence-electron chi connectivity index (χ3n) is 6.34. The topological polar surface area (TPSA) is 108 Å². The number of benzene rings is 2. The first-order valence-corrected chi connectivity index (χ1v) is 13.6. The van der Waals surface area contributed by atoms with Crippen molar-refractivity contribution in [2.75, 3.05) is 19.7 Å². The van der Waals surface area contributed by atoms with Crippen molar-refractivity contribution in [2.45, 2.75) is 77.8 Å². The smallest absolute Gasteiger partial charge is 0.411 e. The van der Waals surface area contributed by atoms with Crippen LogP contribution in [0.15, 0.2) is 48.5 Å². The summed E-state index contributed by atoms with van der Waals surface area (Å²) < 4.78 is 25.5. The maximum atomic E-state index is 14.4. The van der Waals surface area contributed by atoms with Crippen LogP contribution in [0.2, 0.25) is 0 Å². The number of amides is 3. The maximum absolute atomic E-state index is 14.4. The third-order valence-corrected chi connectivity index (χ3v) is 6.34. The molecule has 0 saturated carbocycles. The number of nitrogens with one attached hydrogen (secondary N) is 1. The lowest BCUT2D eigenvalue weighted by Crippen LogP contribution is -2.66. The molecule has 2 N–H and O–H groups in total. The SMILES string of the molecule is CCCOc1cc(F)cc(C[C@H](NC(C)=O)[C@H](O)[C@H]2C(=O)N(Cc3ccccc3)CCN2C(=O)OC(C)(C)C)c1. The normalized spacial score (nSPS) is 17.3. The quantitative estimate of drug-likeness (QED) is 0.462. The minimum absolute atomic E-state index is 0.00832. The summed E-state index contributed by atoms with van der Waals surface area (Å²) in [7, 11) is 0. The number of rotatable bonds is 10. The van der Waals surface area contributed by atoms with Gasteiger partial charge in [-0.3, -0.25) is 14.5 Å². The highest BCUT2D eigenvalue weighted by atomic mass is 19.1. The summed E-state index contributed by atoms with van der Waals surface area (Å²) in [6.07, 6.45) is -1.54. The number of ether oxygens (including phenoxy) is 2. The highest BCUT2D eigenvalue weighted by Crippen LogP contribution is 2.25. The summed E-state index contributed by atoms with van der Waals surface area (Å²) in [6.45, 7) is 9.42. The molecule has 0 spiro atoms. The molecule has 0 aliphatic carbocycles. The standard InChI is InChI=1S/C30H40FN3O6/c1-6-14-39-24-16-22(15-23(31)18-24)17-25(32-20(2)35)27(36)26-28(37)33(19-21-10-8-7-9-11-21)12-13-34(26)29(38)40-30(3,4)5/h7-11,15-16,18,25-27,36H,6,12-14,17,19H2,1-5H3,(H,32,35)/t25-,26-,27-/m0/s1. The molecule has 3 rings (SSSR count). The van der Waals surface area contributed by atoms with Gasteiger partial charge in [-0.1, -0.05) is 37.3 Å². The maximum Gasteiger partial charge on any atom is 0.411 e. The lowest BCUT2D eigenvalue weighted by Gasteiger charge is -2.44. The monoisotopic (exact) mass is 557 g/mol. The first-order chi connectivity index (χ1) is 18.9. The number of aliphatic hydroxyl groups excluding tert-OH is 1. The molecular formula is C30H40FN3O6. The van der Waals surface area contributed by atoms with E-state index in [2.05, 4.69) is 5.32 Å². The average Bonchev–Trinajstić information content (AvgIpc) is 2.86. The predicted molar refractivity (Wildman–Crippen MR) is 148 cm³/mol. The van der Waals surface area contributed by atoms with E-state index in [0.717, 1.165) is 12.0 Å². The van der Waals surface area contributed by atoms with Gasteiger partial charge in [0.05, 0.1) is 12.6 Å². The van der Waals surface area contributed by atoms with E-state index in [1.165, 1.54) is 24.0 Å². The summed E-state index contributed by atoms with van der Waals surface area (Å²) in [5.41, 5.74) is 0.523. The van der Waals surface area contributed by atoms with Gasteiger partial charge in [-0.25, -0.2) is 9.18 Å². The molecular weight excluding hydrogens is 517 g/mol. The van der Waals surface area contributed by atoms with Crippen molar-refractivity contribution in [3.8, 4) is 5.75 Å². The van der Waals surface area contributed by atoms with Gasteiger partial charge < -0.3 is 24.8 Å². The van der Waals surface area contributed by atoms with Gasteiger partial charge in [0.15, 0.2) is 0 Å². The van der Waals surface area contributed by atoms with E-state index >= 15 is 0 Å². The van der Waals surface area contributed by atoms with E-state index in [1.54, 1.807) is 31.7 Å². The van der Waals surface area contributed by atoms with E-state index in [9.17, 15) is 23.9 Å². The summed E-state index contributed by atoms with van der Waals surface area (Å²) in [5.74, 6) is -1.13. The molecule has 3 amide bonds. The van der Waals surface area contributed by atoms with Crippen LogP contribution in [0.25, 0.3) is 0 Å². The second kappa shape index (κ2) is 13.6. The van der Waals surface area contributed by atoms with Crippen molar-refractivity contribution in [1.82, 2.24) is 15.1 Å². The fraction of sp³-hybridized carbons (Fsp3) is 0.500. The van der Waals surface area contributed by atoms with Gasteiger partial charge in [0, 0.05) is 32.6 Å². The minimum Gasteiger partial charge on any atom is -0.493 e. The average molecular weight is 558 g/mol. The van der Waals surface area contributed by atoms with Crippen LogP contribution in [0, 0.1) is 5.82 Å². The van der Waals surface area contributed by atoms with Crippen LogP contribution in [0.5, 0.6) is 5.75 Å². The second-order valence-electron chi connectivity index (χ2n) is 11.0. The van der Waals surface area contributed by atoms with Gasteiger partial charge in [0.2, 0.25) is 11.8 Å². The van der Waals surface area contributed by atoms with Gasteiger partial charge in [-0.2, -0.15) is 0 Å². The number of hydrogen-bond acceptors (Lipinski definition) is 6. The second-order valence-corrected chi connectivity index (χ2v) is 11.0. The van der Waals surface area contributed by atoms with Crippen LogP contribution in [0.1, 0.15) is 52.2 Å². The number of hydrogen-bond donors (Lipinski definition) is 2. The number of carbonyl (C=O) groups is 3. The first-order valence-electron chi connectivity index (χ1n) is 13.6. The largest absolute Gasteiger partial charge is 0.493 e. The molecule has 40 heavy (non-hydrogen) atoms.